The highest BCUT2D eigenvalue weighted by Crippen LogP contribution is 2.33. The molecule has 0 aliphatic heterocycles. The van der Waals surface area contributed by atoms with Gasteiger partial charge in [-0.15, -0.1) is 0 Å². The quantitative estimate of drug-likeness (QED) is 0.341. The first-order valence-corrected chi connectivity index (χ1v) is 14.1. The summed E-state index contributed by atoms with van der Waals surface area (Å²) >= 11 is 0. The number of nitrogens with one attached hydrogen (secondary N) is 3. The molecule has 0 aromatic heterocycles. The SMILES string of the molecule is COc1ccc(-c2cccc(Oc3ccc(C(=O)NCC4CC4)cc3S(=O)(=O)NC(=O)NC(C)(C)C)c2)cc1. The zero-order chi connectivity index (χ0) is 28.2. The Morgan fingerprint density at radius 1 is 0.923 bits per heavy atom. The molecule has 3 aromatic rings. The van der Waals surface area contributed by atoms with Crippen molar-refractivity contribution in [3.05, 3.63) is 72.3 Å². The van der Waals surface area contributed by atoms with Gasteiger partial charge in [0.05, 0.1) is 7.11 Å². The van der Waals surface area contributed by atoms with E-state index in [0.717, 1.165) is 29.7 Å². The lowest BCUT2D eigenvalue weighted by Crippen LogP contribution is -2.48. The Bertz CT molecular complexity index is 1460. The molecule has 3 aromatic carbocycles. The van der Waals surface area contributed by atoms with Crippen LogP contribution in [0.4, 0.5) is 4.79 Å². The van der Waals surface area contributed by atoms with E-state index in [0.29, 0.717) is 18.2 Å². The molecule has 206 valence electrons. The van der Waals surface area contributed by atoms with E-state index in [2.05, 4.69) is 10.6 Å². The van der Waals surface area contributed by atoms with E-state index in [9.17, 15) is 18.0 Å². The number of amides is 3. The summed E-state index contributed by atoms with van der Waals surface area (Å²) in [6.07, 6.45) is 2.13. The van der Waals surface area contributed by atoms with Crippen LogP contribution in [0.25, 0.3) is 11.1 Å². The average Bonchev–Trinajstić information content (AvgIpc) is 3.71. The summed E-state index contributed by atoms with van der Waals surface area (Å²) in [5, 5.41) is 5.40. The molecule has 0 spiro atoms. The Labute approximate surface area is 229 Å². The first kappa shape index (κ1) is 28.0. The maximum absolute atomic E-state index is 13.3. The van der Waals surface area contributed by atoms with Gasteiger partial charge in [0, 0.05) is 17.6 Å². The average molecular weight is 552 g/mol. The molecule has 1 aliphatic rings. The summed E-state index contributed by atoms with van der Waals surface area (Å²) in [6, 6.07) is 17.9. The third-order valence-corrected chi connectivity index (χ3v) is 7.30. The molecule has 1 saturated carbocycles. The smallest absolute Gasteiger partial charge is 0.329 e. The Balaban J connectivity index is 1.65. The van der Waals surface area contributed by atoms with Crippen molar-refractivity contribution in [2.75, 3.05) is 13.7 Å². The molecule has 0 atom stereocenters. The number of hydrogen-bond acceptors (Lipinski definition) is 6. The Morgan fingerprint density at radius 2 is 1.64 bits per heavy atom. The van der Waals surface area contributed by atoms with Crippen LogP contribution in [0.1, 0.15) is 44.0 Å². The van der Waals surface area contributed by atoms with E-state index < -0.39 is 27.5 Å². The van der Waals surface area contributed by atoms with Crippen LogP contribution in [0, 0.1) is 5.92 Å². The predicted octanol–water partition coefficient (Wildman–Crippen LogP) is 5.08. The van der Waals surface area contributed by atoms with Crippen molar-refractivity contribution < 1.29 is 27.5 Å². The Morgan fingerprint density at radius 3 is 2.28 bits per heavy atom. The molecule has 3 N–H and O–H groups in total. The highest BCUT2D eigenvalue weighted by molar-refractivity contribution is 7.90. The largest absolute Gasteiger partial charge is 0.497 e. The minimum absolute atomic E-state index is 0.0308. The summed E-state index contributed by atoms with van der Waals surface area (Å²) in [5.74, 6) is 1.14. The molecule has 0 heterocycles. The van der Waals surface area contributed by atoms with Crippen LogP contribution < -0.4 is 24.8 Å². The van der Waals surface area contributed by atoms with Gasteiger partial charge in [-0.3, -0.25) is 4.79 Å². The standard InChI is InChI=1S/C29H33N3O6S/c1-29(2,3)31-28(34)32-39(35,36)26-17-22(27(33)30-18-19-8-9-19)12-15-25(26)38-24-7-5-6-21(16-24)20-10-13-23(37-4)14-11-20/h5-7,10-17,19H,8-9,18H2,1-4H3,(H,30,33)(H2,31,32,34). The minimum Gasteiger partial charge on any atom is -0.497 e. The fourth-order valence-corrected chi connectivity index (χ4v) is 4.86. The van der Waals surface area contributed by atoms with E-state index >= 15 is 0 Å². The number of benzene rings is 3. The van der Waals surface area contributed by atoms with Gasteiger partial charge in [0.2, 0.25) is 0 Å². The highest BCUT2D eigenvalue weighted by Gasteiger charge is 2.27. The van der Waals surface area contributed by atoms with Crippen molar-refractivity contribution in [1.29, 1.82) is 0 Å². The topological polar surface area (TPSA) is 123 Å². The molecule has 1 fully saturated rings. The second kappa shape index (κ2) is 11.4. The van der Waals surface area contributed by atoms with Gasteiger partial charge < -0.3 is 20.1 Å². The fraction of sp³-hybridized carbons (Fsp3) is 0.310. The van der Waals surface area contributed by atoms with Crippen LogP contribution in [0.5, 0.6) is 17.2 Å². The van der Waals surface area contributed by atoms with Crippen molar-refractivity contribution in [3.63, 3.8) is 0 Å². The predicted molar refractivity (Wildman–Crippen MR) is 149 cm³/mol. The van der Waals surface area contributed by atoms with Gasteiger partial charge in [-0.1, -0.05) is 24.3 Å². The molecule has 0 radical (unpaired) electrons. The van der Waals surface area contributed by atoms with Crippen molar-refractivity contribution in [2.24, 2.45) is 5.92 Å². The lowest BCUT2D eigenvalue weighted by Gasteiger charge is -2.21. The maximum atomic E-state index is 13.3. The molecule has 4 rings (SSSR count). The van der Waals surface area contributed by atoms with Gasteiger partial charge in [0.1, 0.15) is 22.1 Å². The van der Waals surface area contributed by atoms with Crippen LogP contribution >= 0.6 is 0 Å². The van der Waals surface area contributed by atoms with E-state index in [1.165, 1.54) is 18.2 Å². The third kappa shape index (κ3) is 7.73. The van der Waals surface area contributed by atoms with E-state index in [4.69, 9.17) is 9.47 Å². The molecular formula is C29H33N3O6S. The number of sulfonamides is 1. The van der Waals surface area contributed by atoms with Crippen LogP contribution in [-0.2, 0) is 10.0 Å². The molecule has 1 aliphatic carbocycles. The number of hydrogen-bond donors (Lipinski definition) is 3. The van der Waals surface area contributed by atoms with Crippen LogP contribution in [0.2, 0.25) is 0 Å². The second-order valence-corrected chi connectivity index (χ2v) is 12.1. The van der Waals surface area contributed by atoms with Gasteiger partial charge in [-0.05, 0) is 93.1 Å². The van der Waals surface area contributed by atoms with E-state index in [1.54, 1.807) is 46.1 Å². The summed E-state index contributed by atoms with van der Waals surface area (Å²) < 4.78 is 40.0. The highest BCUT2D eigenvalue weighted by atomic mass is 32.2. The number of urea groups is 1. The molecule has 0 bridgehead atoms. The summed E-state index contributed by atoms with van der Waals surface area (Å²) in [4.78, 5) is 24.8. The van der Waals surface area contributed by atoms with E-state index in [1.807, 2.05) is 35.1 Å². The maximum Gasteiger partial charge on any atom is 0.329 e. The number of carbonyl (C=O) groups is 2. The van der Waals surface area contributed by atoms with Gasteiger partial charge in [-0.25, -0.2) is 17.9 Å². The van der Waals surface area contributed by atoms with Crippen LogP contribution in [0.3, 0.4) is 0 Å². The van der Waals surface area contributed by atoms with Gasteiger partial charge >= 0.3 is 6.03 Å². The lowest BCUT2D eigenvalue weighted by atomic mass is 10.1. The number of carbonyl (C=O) groups excluding carboxylic acids is 2. The lowest BCUT2D eigenvalue weighted by molar-refractivity contribution is 0.0951. The monoisotopic (exact) mass is 551 g/mol. The number of rotatable bonds is 9. The van der Waals surface area contributed by atoms with Crippen molar-refractivity contribution in [2.45, 2.75) is 44.0 Å². The zero-order valence-electron chi connectivity index (χ0n) is 22.4. The molecule has 0 unspecified atom stereocenters. The Kier molecular flexibility index (Phi) is 8.15. The minimum atomic E-state index is -4.41. The number of ether oxygens (including phenoxy) is 2. The zero-order valence-corrected chi connectivity index (χ0v) is 23.2. The van der Waals surface area contributed by atoms with Crippen molar-refractivity contribution in [1.82, 2.24) is 15.4 Å². The third-order valence-electron chi connectivity index (χ3n) is 5.94. The van der Waals surface area contributed by atoms with Crippen molar-refractivity contribution in [3.8, 4) is 28.4 Å². The van der Waals surface area contributed by atoms with Gasteiger partial charge in [-0.2, -0.15) is 0 Å². The Hall–Kier alpha value is -4.05. The molecule has 10 heteroatoms. The van der Waals surface area contributed by atoms with Crippen LogP contribution in [0.15, 0.2) is 71.6 Å². The van der Waals surface area contributed by atoms with E-state index in [-0.39, 0.29) is 16.2 Å². The van der Waals surface area contributed by atoms with Gasteiger partial charge in [0.15, 0.2) is 0 Å². The van der Waals surface area contributed by atoms with Crippen LogP contribution in [-0.4, -0.2) is 39.5 Å². The fourth-order valence-electron chi connectivity index (χ4n) is 3.80. The number of methoxy groups -OCH3 is 1. The summed E-state index contributed by atoms with van der Waals surface area (Å²) in [6.45, 7) is 5.72. The molecule has 9 nitrogen and oxygen atoms in total. The molecular weight excluding hydrogens is 518 g/mol. The van der Waals surface area contributed by atoms with Gasteiger partial charge in [0.25, 0.3) is 15.9 Å². The first-order chi connectivity index (χ1) is 18.4. The summed E-state index contributed by atoms with van der Waals surface area (Å²) in [7, 11) is -2.81. The normalized spacial score (nSPS) is 13.3. The second-order valence-electron chi connectivity index (χ2n) is 10.5. The molecule has 0 saturated heterocycles. The van der Waals surface area contributed by atoms with Crippen molar-refractivity contribution >= 4 is 22.0 Å². The first-order valence-electron chi connectivity index (χ1n) is 12.6. The molecule has 3 amide bonds. The summed E-state index contributed by atoms with van der Waals surface area (Å²) in [5.41, 5.74) is 1.24. The molecule has 39 heavy (non-hydrogen) atoms.